The molecular formula is C18H31N3. The Balaban J connectivity index is 2.10. The summed E-state index contributed by atoms with van der Waals surface area (Å²) in [5, 5.41) is 0. The lowest BCUT2D eigenvalue weighted by atomic mass is 9.95. The summed E-state index contributed by atoms with van der Waals surface area (Å²) in [5.74, 6) is 0.913. The fourth-order valence-electron chi connectivity index (χ4n) is 3.68. The van der Waals surface area contributed by atoms with Crippen LogP contribution in [-0.2, 0) is 0 Å². The van der Waals surface area contributed by atoms with Crippen molar-refractivity contribution in [3.63, 3.8) is 0 Å². The predicted molar refractivity (Wildman–Crippen MR) is 89.1 cm³/mol. The Bertz CT molecular complexity index is 393. The SMILES string of the molecule is CCCC1CCCN(C(c2ccncc2)C(N)CC)CC1. The van der Waals surface area contributed by atoms with Crippen molar-refractivity contribution in [2.45, 2.75) is 64.5 Å². The number of aromatic nitrogens is 1. The topological polar surface area (TPSA) is 42.2 Å². The van der Waals surface area contributed by atoms with Crippen molar-refractivity contribution in [3.05, 3.63) is 30.1 Å². The number of nitrogens with two attached hydrogens (primary N) is 1. The van der Waals surface area contributed by atoms with Gasteiger partial charge >= 0.3 is 0 Å². The number of likely N-dealkylation sites (tertiary alicyclic amines) is 1. The first-order valence-corrected chi connectivity index (χ1v) is 8.65. The molecule has 0 bridgehead atoms. The maximum absolute atomic E-state index is 6.46. The van der Waals surface area contributed by atoms with Crippen molar-refractivity contribution in [3.8, 4) is 0 Å². The first-order valence-electron chi connectivity index (χ1n) is 8.65. The summed E-state index contributed by atoms with van der Waals surface area (Å²) in [6, 6.07) is 4.82. The van der Waals surface area contributed by atoms with E-state index < -0.39 is 0 Å². The third-order valence-electron chi connectivity index (χ3n) is 4.90. The van der Waals surface area contributed by atoms with Gasteiger partial charge in [0.2, 0.25) is 0 Å². The summed E-state index contributed by atoms with van der Waals surface area (Å²) in [7, 11) is 0. The molecule has 1 aliphatic rings. The third-order valence-corrected chi connectivity index (χ3v) is 4.90. The summed E-state index contributed by atoms with van der Waals surface area (Å²) in [6.07, 6.45) is 11.5. The van der Waals surface area contributed by atoms with E-state index in [1.54, 1.807) is 0 Å². The van der Waals surface area contributed by atoms with Gasteiger partial charge in [-0.25, -0.2) is 0 Å². The van der Waals surface area contributed by atoms with E-state index in [-0.39, 0.29) is 6.04 Å². The number of hydrogen-bond donors (Lipinski definition) is 1. The molecule has 1 aromatic rings. The maximum Gasteiger partial charge on any atom is 0.0500 e. The zero-order chi connectivity index (χ0) is 15.1. The molecule has 1 fully saturated rings. The molecule has 3 heteroatoms. The van der Waals surface area contributed by atoms with Gasteiger partial charge in [-0.2, -0.15) is 0 Å². The first-order chi connectivity index (χ1) is 10.3. The molecule has 0 amide bonds. The number of pyridine rings is 1. The second kappa shape index (κ2) is 8.50. The highest BCUT2D eigenvalue weighted by Gasteiger charge is 2.27. The average molecular weight is 289 g/mol. The number of rotatable bonds is 6. The van der Waals surface area contributed by atoms with Crippen LogP contribution in [0.15, 0.2) is 24.5 Å². The monoisotopic (exact) mass is 289 g/mol. The zero-order valence-electron chi connectivity index (χ0n) is 13.7. The van der Waals surface area contributed by atoms with Crippen LogP contribution < -0.4 is 5.73 Å². The predicted octanol–water partition coefficient (Wildman–Crippen LogP) is 3.76. The van der Waals surface area contributed by atoms with Crippen LogP contribution >= 0.6 is 0 Å². The third kappa shape index (κ3) is 4.52. The molecule has 1 aliphatic heterocycles. The molecule has 21 heavy (non-hydrogen) atoms. The van der Waals surface area contributed by atoms with E-state index in [1.807, 2.05) is 12.4 Å². The molecule has 2 rings (SSSR count). The van der Waals surface area contributed by atoms with Crippen molar-refractivity contribution in [1.82, 2.24) is 9.88 Å². The van der Waals surface area contributed by atoms with E-state index in [9.17, 15) is 0 Å². The number of nitrogens with zero attached hydrogens (tertiary/aromatic N) is 2. The van der Waals surface area contributed by atoms with Crippen molar-refractivity contribution in [2.75, 3.05) is 13.1 Å². The fraction of sp³-hybridized carbons (Fsp3) is 0.722. The van der Waals surface area contributed by atoms with Crippen LogP contribution in [0.2, 0.25) is 0 Å². The Kier molecular flexibility index (Phi) is 6.65. The maximum atomic E-state index is 6.46. The normalized spacial score (nSPS) is 23.5. The lowest BCUT2D eigenvalue weighted by Crippen LogP contribution is -2.41. The van der Waals surface area contributed by atoms with Gasteiger partial charge < -0.3 is 5.73 Å². The van der Waals surface area contributed by atoms with E-state index in [4.69, 9.17) is 5.73 Å². The Morgan fingerprint density at radius 3 is 2.67 bits per heavy atom. The Hall–Kier alpha value is -0.930. The van der Waals surface area contributed by atoms with Gasteiger partial charge in [-0.05, 0) is 62.4 Å². The lowest BCUT2D eigenvalue weighted by Gasteiger charge is -2.35. The molecule has 3 unspecified atom stereocenters. The standard InChI is InChI=1S/C18H31N3/c1-3-6-15-7-5-13-21(14-10-15)18(17(19)4-2)16-8-11-20-12-9-16/h8-9,11-12,15,17-18H,3-7,10,13-14,19H2,1-2H3. The zero-order valence-corrected chi connectivity index (χ0v) is 13.7. The summed E-state index contributed by atoms with van der Waals surface area (Å²) in [6.45, 7) is 6.86. The molecule has 1 aromatic heterocycles. The van der Waals surface area contributed by atoms with Gasteiger partial charge in [-0.3, -0.25) is 9.88 Å². The van der Waals surface area contributed by atoms with Crippen LogP contribution in [0.5, 0.6) is 0 Å². The first kappa shape index (κ1) is 16.4. The smallest absolute Gasteiger partial charge is 0.0500 e. The van der Waals surface area contributed by atoms with Crippen molar-refractivity contribution < 1.29 is 0 Å². The molecule has 0 aliphatic carbocycles. The Morgan fingerprint density at radius 2 is 2.00 bits per heavy atom. The minimum absolute atomic E-state index is 0.204. The van der Waals surface area contributed by atoms with E-state index in [0.717, 1.165) is 12.3 Å². The van der Waals surface area contributed by atoms with Gasteiger partial charge in [0.05, 0.1) is 0 Å². The van der Waals surface area contributed by atoms with E-state index in [0.29, 0.717) is 6.04 Å². The molecule has 2 heterocycles. The molecule has 0 radical (unpaired) electrons. The van der Waals surface area contributed by atoms with Gasteiger partial charge in [0.15, 0.2) is 0 Å². The molecule has 118 valence electrons. The van der Waals surface area contributed by atoms with Crippen LogP contribution in [0.3, 0.4) is 0 Å². The highest BCUT2D eigenvalue weighted by molar-refractivity contribution is 5.17. The molecule has 0 aromatic carbocycles. The number of hydrogen-bond acceptors (Lipinski definition) is 3. The van der Waals surface area contributed by atoms with Crippen LogP contribution in [-0.4, -0.2) is 29.0 Å². The van der Waals surface area contributed by atoms with Gasteiger partial charge in [0, 0.05) is 24.5 Å². The van der Waals surface area contributed by atoms with Gasteiger partial charge in [0.1, 0.15) is 0 Å². The van der Waals surface area contributed by atoms with E-state index in [1.165, 1.54) is 50.8 Å². The molecule has 3 atom stereocenters. The second-order valence-corrected chi connectivity index (χ2v) is 6.42. The van der Waals surface area contributed by atoms with Crippen molar-refractivity contribution >= 4 is 0 Å². The second-order valence-electron chi connectivity index (χ2n) is 6.42. The highest BCUT2D eigenvalue weighted by Crippen LogP contribution is 2.30. The summed E-state index contributed by atoms with van der Waals surface area (Å²) >= 11 is 0. The molecule has 0 saturated carbocycles. The molecule has 0 spiro atoms. The molecular weight excluding hydrogens is 258 g/mol. The summed E-state index contributed by atoms with van der Waals surface area (Å²) < 4.78 is 0. The summed E-state index contributed by atoms with van der Waals surface area (Å²) in [4.78, 5) is 6.78. The lowest BCUT2D eigenvalue weighted by molar-refractivity contribution is 0.173. The van der Waals surface area contributed by atoms with E-state index in [2.05, 4.69) is 35.9 Å². The average Bonchev–Trinajstić information content (AvgIpc) is 2.75. The van der Waals surface area contributed by atoms with Crippen LogP contribution in [0.25, 0.3) is 0 Å². The van der Waals surface area contributed by atoms with Gasteiger partial charge in [-0.1, -0.05) is 26.7 Å². The highest BCUT2D eigenvalue weighted by atomic mass is 15.2. The Morgan fingerprint density at radius 1 is 1.24 bits per heavy atom. The molecule has 3 nitrogen and oxygen atoms in total. The van der Waals surface area contributed by atoms with Crippen LogP contribution in [0.4, 0.5) is 0 Å². The van der Waals surface area contributed by atoms with Crippen molar-refractivity contribution in [2.24, 2.45) is 11.7 Å². The summed E-state index contributed by atoms with van der Waals surface area (Å²) in [5.41, 5.74) is 7.79. The largest absolute Gasteiger partial charge is 0.326 e. The quantitative estimate of drug-likeness (QED) is 0.867. The van der Waals surface area contributed by atoms with Crippen molar-refractivity contribution in [1.29, 1.82) is 0 Å². The fourth-order valence-corrected chi connectivity index (χ4v) is 3.68. The minimum atomic E-state index is 0.204. The molecule has 2 N–H and O–H groups in total. The van der Waals surface area contributed by atoms with Gasteiger partial charge in [0.25, 0.3) is 0 Å². The Labute approximate surface area is 129 Å². The van der Waals surface area contributed by atoms with Crippen LogP contribution in [0.1, 0.15) is 64.0 Å². The molecule has 1 saturated heterocycles. The van der Waals surface area contributed by atoms with Crippen LogP contribution in [0, 0.1) is 5.92 Å². The minimum Gasteiger partial charge on any atom is -0.326 e. The van der Waals surface area contributed by atoms with E-state index >= 15 is 0 Å². The van der Waals surface area contributed by atoms with Gasteiger partial charge in [-0.15, -0.1) is 0 Å².